The molecule has 0 heterocycles. The SMILES string of the molecule is CCOc1ccccc1NC(=O)[C@H](C)[NH+](C)CCc1ccc(OC)c(OC)c1. The zero-order valence-electron chi connectivity index (χ0n) is 17.4. The van der Waals surface area contributed by atoms with Crippen LogP contribution in [0.3, 0.4) is 0 Å². The zero-order valence-corrected chi connectivity index (χ0v) is 17.4. The van der Waals surface area contributed by atoms with Gasteiger partial charge in [0.05, 0.1) is 40.1 Å². The van der Waals surface area contributed by atoms with E-state index in [9.17, 15) is 4.79 Å². The van der Waals surface area contributed by atoms with Gasteiger partial charge in [0.2, 0.25) is 0 Å². The van der Waals surface area contributed by atoms with E-state index in [1.807, 2.05) is 63.4 Å². The molecule has 28 heavy (non-hydrogen) atoms. The van der Waals surface area contributed by atoms with Gasteiger partial charge in [-0.25, -0.2) is 0 Å². The molecule has 2 aromatic carbocycles. The van der Waals surface area contributed by atoms with Crippen LogP contribution in [0.15, 0.2) is 42.5 Å². The second kappa shape index (κ2) is 10.6. The fourth-order valence-corrected chi connectivity index (χ4v) is 2.91. The fourth-order valence-electron chi connectivity index (χ4n) is 2.91. The molecule has 2 rings (SSSR count). The molecule has 0 spiro atoms. The van der Waals surface area contributed by atoms with E-state index in [-0.39, 0.29) is 11.9 Å². The third-order valence-electron chi connectivity index (χ3n) is 4.83. The predicted molar refractivity (Wildman–Crippen MR) is 111 cm³/mol. The summed E-state index contributed by atoms with van der Waals surface area (Å²) in [5.41, 5.74) is 1.85. The molecule has 0 aromatic heterocycles. The summed E-state index contributed by atoms with van der Waals surface area (Å²) in [5, 5.41) is 2.99. The fraction of sp³-hybridized carbons (Fsp3) is 0.409. The van der Waals surface area contributed by atoms with Crippen LogP contribution >= 0.6 is 0 Å². The van der Waals surface area contributed by atoms with Crippen molar-refractivity contribution in [1.29, 1.82) is 0 Å². The summed E-state index contributed by atoms with van der Waals surface area (Å²) < 4.78 is 16.2. The molecule has 1 amide bonds. The van der Waals surface area contributed by atoms with Crippen molar-refractivity contribution in [3.63, 3.8) is 0 Å². The van der Waals surface area contributed by atoms with Crippen LogP contribution in [-0.4, -0.2) is 46.4 Å². The van der Waals surface area contributed by atoms with Crippen molar-refractivity contribution < 1.29 is 23.9 Å². The minimum atomic E-state index is -0.199. The number of amides is 1. The van der Waals surface area contributed by atoms with Gasteiger partial charge in [-0.3, -0.25) is 4.79 Å². The van der Waals surface area contributed by atoms with Crippen LogP contribution in [0.1, 0.15) is 19.4 Å². The third kappa shape index (κ3) is 5.63. The maximum atomic E-state index is 12.7. The normalized spacial score (nSPS) is 12.8. The lowest BCUT2D eigenvalue weighted by molar-refractivity contribution is -0.893. The lowest BCUT2D eigenvalue weighted by Gasteiger charge is -2.22. The molecule has 0 aliphatic heterocycles. The number of rotatable bonds is 10. The van der Waals surface area contributed by atoms with Crippen molar-refractivity contribution in [1.82, 2.24) is 0 Å². The summed E-state index contributed by atoms with van der Waals surface area (Å²) in [6.07, 6.45) is 0.833. The molecular weight excluding hydrogens is 356 g/mol. The van der Waals surface area contributed by atoms with Gasteiger partial charge in [0.25, 0.3) is 5.91 Å². The Labute approximate surface area is 167 Å². The molecule has 6 nitrogen and oxygen atoms in total. The van der Waals surface area contributed by atoms with Crippen molar-refractivity contribution in [2.75, 3.05) is 39.7 Å². The number of benzene rings is 2. The molecule has 0 saturated carbocycles. The third-order valence-corrected chi connectivity index (χ3v) is 4.83. The summed E-state index contributed by atoms with van der Waals surface area (Å²) in [5.74, 6) is 2.09. The van der Waals surface area contributed by atoms with E-state index in [0.717, 1.165) is 29.2 Å². The molecule has 2 aromatic rings. The van der Waals surface area contributed by atoms with Crippen LogP contribution < -0.4 is 24.4 Å². The Kier molecular flexibility index (Phi) is 8.14. The number of likely N-dealkylation sites (N-methyl/N-ethyl adjacent to an activating group) is 1. The molecule has 0 saturated heterocycles. The maximum Gasteiger partial charge on any atom is 0.282 e. The highest BCUT2D eigenvalue weighted by molar-refractivity contribution is 5.94. The van der Waals surface area contributed by atoms with E-state index in [0.29, 0.717) is 23.8 Å². The summed E-state index contributed by atoms with van der Waals surface area (Å²) in [6.45, 7) is 5.23. The Balaban J connectivity index is 1.95. The van der Waals surface area contributed by atoms with Crippen molar-refractivity contribution in [3.05, 3.63) is 48.0 Å². The van der Waals surface area contributed by atoms with Gasteiger partial charge in [-0.2, -0.15) is 0 Å². The van der Waals surface area contributed by atoms with Crippen molar-refractivity contribution in [3.8, 4) is 17.2 Å². The zero-order chi connectivity index (χ0) is 20.5. The molecule has 2 atom stereocenters. The standard InChI is InChI=1S/C22H30N2O4/c1-6-28-19-10-8-7-9-18(19)23-22(25)16(2)24(3)14-13-17-11-12-20(26-4)21(15-17)27-5/h7-12,15-16H,6,13-14H2,1-5H3,(H,23,25)/p+1/t16-/m0/s1. The molecular formula is C22H31N2O4+. The smallest absolute Gasteiger partial charge is 0.282 e. The number of carbonyl (C=O) groups excluding carboxylic acids is 1. The Bertz CT molecular complexity index is 779. The second-order valence-corrected chi connectivity index (χ2v) is 6.68. The number of hydrogen-bond acceptors (Lipinski definition) is 4. The minimum Gasteiger partial charge on any atom is -0.493 e. The molecule has 152 valence electrons. The van der Waals surface area contributed by atoms with Crippen LogP contribution in [0.5, 0.6) is 17.2 Å². The molecule has 0 bridgehead atoms. The van der Waals surface area contributed by atoms with E-state index >= 15 is 0 Å². The van der Waals surface area contributed by atoms with Gasteiger partial charge in [0.1, 0.15) is 5.75 Å². The lowest BCUT2D eigenvalue weighted by Crippen LogP contribution is -3.14. The molecule has 0 aliphatic rings. The molecule has 2 N–H and O–H groups in total. The van der Waals surface area contributed by atoms with Gasteiger partial charge in [0.15, 0.2) is 17.5 Å². The number of hydrogen-bond donors (Lipinski definition) is 2. The van der Waals surface area contributed by atoms with E-state index < -0.39 is 0 Å². The Morgan fingerprint density at radius 2 is 1.79 bits per heavy atom. The Morgan fingerprint density at radius 3 is 2.46 bits per heavy atom. The first kappa shape index (κ1) is 21.6. The molecule has 1 unspecified atom stereocenters. The highest BCUT2D eigenvalue weighted by Crippen LogP contribution is 2.27. The van der Waals surface area contributed by atoms with Crippen molar-refractivity contribution in [2.24, 2.45) is 0 Å². The number of ether oxygens (including phenoxy) is 3. The van der Waals surface area contributed by atoms with Gasteiger partial charge in [-0.15, -0.1) is 0 Å². The summed E-state index contributed by atoms with van der Waals surface area (Å²) in [4.78, 5) is 13.8. The van der Waals surface area contributed by atoms with Crippen molar-refractivity contribution in [2.45, 2.75) is 26.3 Å². The quantitative estimate of drug-likeness (QED) is 0.656. The van der Waals surface area contributed by atoms with Gasteiger partial charge in [-0.05, 0) is 43.7 Å². The van der Waals surface area contributed by atoms with Gasteiger partial charge < -0.3 is 24.4 Å². The van der Waals surface area contributed by atoms with Gasteiger partial charge >= 0.3 is 0 Å². The maximum absolute atomic E-state index is 12.7. The average Bonchev–Trinajstić information content (AvgIpc) is 2.72. The van der Waals surface area contributed by atoms with Crippen LogP contribution in [-0.2, 0) is 11.2 Å². The van der Waals surface area contributed by atoms with Gasteiger partial charge in [0, 0.05) is 6.42 Å². The first-order valence-corrected chi connectivity index (χ1v) is 9.56. The number of anilines is 1. The van der Waals surface area contributed by atoms with Crippen molar-refractivity contribution >= 4 is 11.6 Å². The average molecular weight is 388 g/mol. The molecule has 0 radical (unpaired) electrons. The molecule has 0 fully saturated rings. The predicted octanol–water partition coefficient (Wildman–Crippen LogP) is 2.19. The van der Waals surface area contributed by atoms with Crippen LogP contribution in [0.25, 0.3) is 0 Å². The van der Waals surface area contributed by atoms with E-state index in [4.69, 9.17) is 14.2 Å². The lowest BCUT2D eigenvalue weighted by atomic mass is 10.1. The number of carbonyl (C=O) groups is 1. The van der Waals surface area contributed by atoms with Crippen LogP contribution in [0, 0.1) is 0 Å². The molecule has 6 heteroatoms. The first-order valence-electron chi connectivity index (χ1n) is 9.56. The topological polar surface area (TPSA) is 61.2 Å². The van der Waals surface area contributed by atoms with Crippen LogP contribution in [0.2, 0.25) is 0 Å². The number of para-hydroxylation sites is 2. The molecule has 0 aliphatic carbocycles. The monoisotopic (exact) mass is 387 g/mol. The van der Waals surface area contributed by atoms with E-state index in [1.165, 1.54) is 0 Å². The Morgan fingerprint density at radius 1 is 1.07 bits per heavy atom. The summed E-state index contributed by atoms with van der Waals surface area (Å²) in [6, 6.07) is 13.2. The van der Waals surface area contributed by atoms with E-state index in [1.54, 1.807) is 14.2 Å². The number of methoxy groups -OCH3 is 2. The van der Waals surface area contributed by atoms with Gasteiger partial charge in [-0.1, -0.05) is 18.2 Å². The Hall–Kier alpha value is -2.73. The minimum absolute atomic E-state index is 0.0306. The van der Waals surface area contributed by atoms with Crippen LogP contribution in [0.4, 0.5) is 5.69 Å². The first-order chi connectivity index (χ1) is 13.5. The highest BCUT2D eigenvalue weighted by atomic mass is 16.5. The highest BCUT2D eigenvalue weighted by Gasteiger charge is 2.22. The summed E-state index contributed by atoms with van der Waals surface area (Å²) >= 11 is 0. The number of quaternary nitrogens is 1. The second-order valence-electron chi connectivity index (χ2n) is 6.68. The summed E-state index contributed by atoms with van der Waals surface area (Å²) in [7, 11) is 5.28. The largest absolute Gasteiger partial charge is 0.493 e. The number of nitrogens with one attached hydrogen (secondary N) is 2. The van der Waals surface area contributed by atoms with E-state index in [2.05, 4.69) is 5.32 Å².